The van der Waals surface area contributed by atoms with E-state index in [1.807, 2.05) is 27.7 Å². The number of thiazole rings is 1. The molecule has 2 rings (SSSR count). The molecule has 9 heteroatoms. The van der Waals surface area contributed by atoms with Gasteiger partial charge in [-0.2, -0.15) is 4.31 Å². The number of fused-ring (bicyclic) bond motifs is 1. The van der Waals surface area contributed by atoms with Gasteiger partial charge in [-0.1, -0.05) is 27.3 Å². The summed E-state index contributed by atoms with van der Waals surface area (Å²) in [5, 5.41) is 3.16. The van der Waals surface area contributed by atoms with Gasteiger partial charge in [0.25, 0.3) is 0 Å². The van der Waals surface area contributed by atoms with Gasteiger partial charge in [0.15, 0.2) is 5.13 Å². The van der Waals surface area contributed by atoms with Crippen LogP contribution in [0.25, 0.3) is 10.2 Å². The van der Waals surface area contributed by atoms with Crippen molar-refractivity contribution in [2.24, 2.45) is 0 Å². The molecular formula is C16H22BrN3O3S2. The fraction of sp³-hybridized carbons (Fsp3) is 0.500. The molecule has 2 aromatic rings. The normalized spacial score (nSPS) is 13.8. The maximum Gasteiger partial charge on any atom is 0.243 e. The van der Waals surface area contributed by atoms with Crippen LogP contribution in [-0.4, -0.2) is 40.5 Å². The van der Waals surface area contributed by atoms with Crippen LogP contribution < -0.4 is 5.32 Å². The monoisotopic (exact) mass is 447 g/mol. The molecule has 1 heterocycles. The first-order valence-corrected chi connectivity index (χ1v) is 11.1. The van der Waals surface area contributed by atoms with Crippen LogP contribution in [-0.2, 0) is 14.8 Å². The molecule has 1 unspecified atom stereocenters. The Kier molecular flexibility index (Phi) is 6.24. The van der Waals surface area contributed by atoms with Crippen molar-refractivity contribution >= 4 is 58.5 Å². The Morgan fingerprint density at radius 2 is 1.80 bits per heavy atom. The van der Waals surface area contributed by atoms with Crippen molar-refractivity contribution < 1.29 is 13.2 Å². The molecule has 0 saturated carbocycles. The number of carbonyl (C=O) groups excluding carboxylic acids is 1. The van der Waals surface area contributed by atoms with Gasteiger partial charge in [0.2, 0.25) is 15.9 Å². The van der Waals surface area contributed by atoms with Gasteiger partial charge in [-0.05, 0) is 52.8 Å². The third-order valence-corrected chi connectivity index (χ3v) is 7.14. The Balaban J connectivity index is 2.42. The van der Waals surface area contributed by atoms with E-state index in [0.29, 0.717) is 15.3 Å². The lowest BCUT2D eigenvalue weighted by atomic mass is 10.3. The Labute approximate surface area is 160 Å². The first kappa shape index (κ1) is 20.3. The lowest BCUT2D eigenvalue weighted by molar-refractivity contribution is -0.115. The smallest absolute Gasteiger partial charge is 0.243 e. The average molecular weight is 448 g/mol. The highest BCUT2D eigenvalue weighted by Crippen LogP contribution is 2.30. The first-order valence-electron chi connectivity index (χ1n) is 7.93. The van der Waals surface area contributed by atoms with Gasteiger partial charge in [-0.3, -0.25) is 4.79 Å². The highest BCUT2D eigenvalue weighted by molar-refractivity contribution is 9.10. The van der Waals surface area contributed by atoms with Crippen LogP contribution in [0.1, 0.15) is 34.6 Å². The number of anilines is 1. The maximum atomic E-state index is 13.0. The van der Waals surface area contributed by atoms with E-state index in [4.69, 9.17) is 0 Å². The van der Waals surface area contributed by atoms with E-state index in [9.17, 15) is 13.2 Å². The quantitative estimate of drug-likeness (QED) is 0.682. The minimum Gasteiger partial charge on any atom is -0.301 e. The largest absolute Gasteiger partial charge is 0.301 e. The van der Waals surface area contributed by atoms with E-state index in [2.05, 4.69) is 26.2 Å². The summed E-state index contributed by atoms with van der Waals surface area (Å²) in [7, 11) is -3.60. The minimum atomic E-state index is -3.60. The molecule has 0 fully saturated rings. The van der Waals surface area contributed by atoms with E-state index >= 15 is 0 Å². The Morgan fingerprint density at radius 3 is 2.32 bits per heavy atom. The van der Waals surface area contributed by atoms with Crippen molar-refractivity contribution in [2.45, 2.75) is 56.4 Å². The van der Waals surface area contributed by atoms with Crippen molar-refractivity contribution in [2.75, 3.05) is 5.32 Å². The van der Waals surface area contributed by atoms with Gasteiger partial charge in [-0.15, -0.1) is 0 Å². The van der Waals surface area contributed by atoms with Crippen LogP contribution in [0.15, 0.2) is 23.1 Å². The lowest BCUT2D eigenvalue weighted by Gasteiger charge is -2.29. The van der Waals surface area contributed by atoms with Crippen LogP contribution in [0.4, 0.5) is 5.13 Å². The van der Waals surface area contributed by atoms with E-state index in [0.717, 1.165) is 0 Å². The maximum absolute atomic E-state index is 13.0. The number of sulfonamides is 1. The molecule has 1 amide bonds. The molecule has 1 N–H and O–H groups in total. The van der Waals surface area contributed by atoms with Crippen LogP contribution in [0.2, 0.25) is 0 Å². The van der Waals surface area contributed by atoms with Gasteiger partial charge in [0, 0.05) is 12.1 Å². The molecular weight excluding hydrogens is 426 g/mol. The fourth-order valence-corrected chi connectivity index (χ4v) is 5.55. The molecule has 6 nitrogen and oxygen atoms in total. The first-order chi connectivity index (χ1) is 11.5. The Morgan fingerprint density at radius 1 is 1.20 bits per heavy atom. The molecule has 0 bridgehead atoms. The number of halogens is 1. The molecule has 25 heavy (non-hydrogen) atoms. The standard InChI is InChI=1S/C16H22BrN3O3S2/c1-9(2)20(10(3)4)25(22,23)12-6-7-13-14(8-12)24-16(18-13)19-15(21)11(5)17/h6-11H,1-5H3,(H,18,19,21). The number of amides is 1. The summed E-state index contributed by atoms with van der Waals surface area (Å²) >= 11 is 4.46. The molecule has 0 radical (unpaired) electrons. The Bertz CT molecular complexity index is 868. The third-order valence-electron chi connectivity index (χ3n) is 3.54. The highest BCUT2D eigenvalue weighted by Gasteiger charge is 2.29. The molecule has 0 saturated heterocycles. The van der Waals surface area contributed by atoms with E-state index in [1.165, 1.54) is 15.6 Å². The van der Waals surface area contributed by atoms with Crippen LogP contribution in [0.5, 0.6) is 0 Å². The number of rotatable bonds is 6. The van der Waals surface area contributed by atoms with Gasteiger partial charge < -0.3 is 5.32 Å². The zero-order chi connectivity index (χ0) is 18.9. The summed E-state index contributed by atoms with van der Waals surface area (Å²) in [4.78, 5) is 16.0. The third kappa shape index (κ3) is 4.39. The molecule has 1 atom stereocenters. The predicted molar refractivity (Wildman–Crippen MR) is 106 cm³/mol. The van der Waals surface area contributed by atoms with E-state index in [1.54, 1.807) is 25.1 Å². The number of hydrogen-bond donors (Lipinski definition) is 1. The minimum absolute atomic E-state index is 0.141. The van der Waals surface area contributed by atoms with Crippen molar-refractivity contribution in [1.29, 1.82) is 0 Å². The number of nitrogens with one attached hydrogen (secondary N) is 1. The molecule has 0 aliphatic heterocycles. The summed E-state index contributed by atoms with van der Waals surface area (Å²) in [6, 6.07) is 4.57. The second-order valence-corrected chi connectivity index (χ2v) is 10.5. The van der Waals surface area contributed by atoms with Crippen molar-refractivity contribution in [3.8, 4) is 0 Å². The number of carbonyl (C=O) groups is 1. The zero-order valence-electron chi connectivity index (χ0n) is 14.8. The van der Waals surface area contributed by atoms with Gasteiger partial charge in [0.05, 0.1) is 19.9 Å². The second kappa shape index (κ2) is 7.69. The summed E-state index contributed by atoms with van der Waals surface area (Å²) in [6.07, 6.45) is 0. The molecule has 1 aromatic carbocycles. The number of aromatic nitrogens is 1. The van der Waals surface area contributed by atoms with Gasteiger partial charge >= 0.3 is 0 Å². The summed E-state index contributed by atoms with van der Waals surface area (Å²) in [5.74, 6) is -0.197. The van der Waals surface area contributed by atoms with Crippen LogP contribution >= 0.6 is 27.3 Å². The molecule has 0 aliphatic carbocycles. The zero-order valence-corrected chi connectivity index (χ0v) is 18.0. The number of alkyl halides is 1. The van der Waals surface area contributed by atoms with Crippen molar-refractivity contribution in [1.82, 2.24) is 9.29 Å². The number of nitrogens with zero attached hydrogens (tertiary/aromatic N) is 2. The molecule has 0 spiro atoms. The fourth-order valence-electron chi connectivity index (χ4n) is 2.60. The Hall–Kier alpha value is -1.03. The van der Waals surface area contributed by atoms with Crippen molar-refractivity contribution in [3.05, 3.63) is 18.2 Å². The SMILES string of the molecule is CC(Br)C(=O)Nc1nc2ccc(S(=O)(=O)N(C(C)C)C(C)C)cc2s1. The molecule has 138 valence electrons. The van der Waals surface area contributed by atoms with Gasteiger partial charge in [-0.25, -0.2) is 13.4 Å². The summed E-state index contributed by atoms with van der Waals surface area (Å²) in [5.41, 5.74) is 0.655. The average Bonchev–Trinajstić information content (AvgIpc) is 2.86. The van der Waals surface area contributed by atoms with Crippen molar-refractivity contribution in [3.63, 3.8) is 0 Å². The summed E-state index contributed by atoms with van der Waals surface area (Å²) in [6.45, 7) is 9.16. The van der Waals surface area contributed by atoms with Gasteiger partial charge in [0.1, 0.15) is 0 Å². The highest BCUT2D eigenvalue weighted by atomic mass is 79.9. The topological polar surface area (TPSA) is 79.4 Å². The second-order valence-electron chi connectivity index (χ2n) is 6.28. The van der Waals surface area contributed by atoms with E-state index < -0.39 is 10.0 Å². The summed E-state index contributed by atoms with van der Waals surface area (Å²) < 4.78 is 28.1. The lowest BCUT2D eigenvalue weighted by Crippen LogP contribution is -2.41. The number of hydrogen-bond acceptors (Lipinski definition) is 5. The molecule has 0 aliphatic rings. The van der Waals surface area contributed by atoms with Crippen LogP contribution in [0.3, 0.4) is 0 Å². The van der Waals surface area contributed by atoms with E-state index in [-0.39, 0.29) is 27.7 Å². The molecule has 1 aromatic heterocycles. The predicted octanol–water partition coefficient (Wildman–Crippen LogP) is 3.83. The van der Waals surface area contributed by atoms with Crippen LogP contribution in [0, 0.1) is 0 Å². The number of benzene rings is 1.